The fourth-order valence-electron chi connectivity index (χ4n) is 8.63. The van der Waals surface area contributed by atoms with E-state index in [1.165, 1.54) is 27.6 Å². The summed E-state index contributed by atoms with van der Waals surface area (Å²) in [5, 5.41) is 12.4. The Balaban J connectivity index is 0.998. The maximum atomic E-state index is 9.05. The lowest BCUT2D eigenvalue weighted by atomic mass is 9.91. The summed E-state index contributed by atoms with van der Waals surface area (Å²) in [6, 6.07) is 39.8. The zero-order valence-electron chi connectivity index (χ0n) is 35.4. The molecule has 4 aromatic carbocycles. The number of amidine groups is 2. The van der Waals surface area contributed by atoms with Crippen molar-refractivity contribution in [3.05, 3.63) is 228 Å². The molecular weight excluding hydrogens is 799 g/mol. The van der Waals surface area contributed by atoms with Crippen molar-refractivity contribution in [2.45, 2.75) is 19.3 Å². The Morgan fingerprint density at radius 2 is 1.50 bits per heavy atom. The maximum Gasteiger partial charge on any atom is 0.161 e. The van der Waals surface area contributed by atoms with Crippen LogP contribution in [0.3, 0.4) is 0 Å². The number of hydrogen-bond acceptors (Lipinski definition) is 4. The van der Waals surface area contributed by atoms with E-state index in [0.29, 0.717) is 29.7 Å². The number of nitrogens with zero attached hydrogens (tertiary/aromatic N) is 4. The summed E-state index contributed by atoms with van der Waals surface area (Å²) < 4.78 is 1.23. The summed E-state index contributed by atoms with van der Waals surface area (Å²) in [4.78, 5) is 20.9. The van der Waals surface area contributed by atoms with E-state index in [1.807, 2.05) is 54.6 Å². The topological polar surface area (TPSA) is 74.3 Å². The number of fused-ring (bicyclic) bond motifs is 5. The third kappa shape index (κ3) is 8.19. The Labute approximate surface area is 377 Å². The van der Waals surface area contributed by atoms with Gasteiger partial charge in [0.15, 0.2) is 5.84 Å². The minimum absolute atomic E-state index is 0.169. The maximum absolute atomic E-state index is 9.05. The van der Waals surface area contributed by atoms with Gasteiger partial charge in [-0.2, -0.15) is 0 Å². The van der Waals surface area contributed by atoms with Gasteiger partial charge in [0.25, 0.3) is 0 Å². The van der Waals surface area contributed by atoms with Crippen LogP contribution < -0.4 is 0 Å². The standard InChI is InChI=1S/C58H45N5S/c1-4-13-39(5-2)58(60-36-38-14-8-6-9-15-38)63-57(59)44-24-20-40(21-25-44)37(3)56-50(49-31-27-46(35-53(49)64-56)48-19-12-18-45-34-51(45)48)32-30-47-29-26-42-22-23-43-28-33-52(41-16-10-7-11-17-41)62-55(43)54(42)61-47/h4-20,22-24,26-33,35-36,45,51,59H,1-3,21,25,34H2/b32-30+,39-13+,59-57?,60-36+,63-58-. The van der Waals surface area contributed by atoms with E-state index in [-0.39, 0.29) is 5.84 Å². The lowest BCUT2D eigenvalue weighted by Gasteiger charge is -2.16. The van der Waals surface area contributed by atoms with Gasteiger partial charge in [-0.15, -0.1) is 11.3 Å². The SMILES string of the molecule is C=C/C=C(C=C)/C(=N/C(=N)C1=CC=C(C(=C)c2sc3cc(C4=CC=CC5CC45)ccc3c2/C=C/c2ccc3ccc4ccc(-c5ccccc5)nc4c3n2)CC1)/N=C/c1ccccc1. The second kappa shape index (κ2) is 17.6. The molecule has 308 valence electrons. The molecule has 2 unspecified atom stereocenters. The molecular formula is C58H45N5S. The molecule has 0 aliphatic heterocycles. The summed E-state index contributed by atoms with van der Waals surface area (Å²) in [6.45, 7) is 12.5. The van der Waals surface area contributed by atoms with Gasteiger partial charge < -0.3 is 0 Å². The first-order chi connectivity index (χ1) is 31.4. The molecule has 64 heavy (non-hydrogen) atoms. The zero-order chi connectivity index (χ0) is 43.6. The molecule has 1 N–H and O–H groups in total. The number of allylic oxidation sites excluding steroid dienone is 10. The molecule has 3 aliphatic rings. The van der Waals surface area contributed by atoms with Crippen LogP contribution in [0.25, 0.3) is 66.4 Å². The monoisotopic (exact) mass is 843 g/mol. The van der Waals surface area contributed by atoms with E-state index < -0.39 is 0 Å². The Morgan fingerprint density at radius 3 is 2.27 bits per heavy atom. The number of aliphatic imine (C=N–C) groups is 2. The van der Waals surface area contributed by atoms with Crippen LogP contribution in [0.5, 0.6) is 0 Å². The smallest absolute Gasteiger partial charge is 0.161 e. The van der Waals surface area contributed by atoms with Crippen LogP contribution in [0.1, 0.15) is 46.5 Å². The lowest BCUT2D eigenvalue weighted by Crippen LogP contribution is -2.08. The van der Waals surface area contributed by atoms with E-state index in [0.717, 1.165) is 77.9 Å². The highest BCUT2D eigenvalue weighted by molar-refractivity contribution is 7.20. The molecule has 2 atom stereocenters. The molecule has 3 heterocycles. The molecule has 1 saturated carbocycles. The average molecular weight is 844 g/mol. The van der Waals surface area contributed by atoms with Crippen molar-refractivity contribution in [2.24, 2.45) is 21.8 Å². The lowest BCUT2D eigenvalue weighted by molar-refractivity contribution is 0.964. The number of hydrogen-bond donors (Lipinski definition) is 1. The second-order valence-corrected chi connectivity index (χ2v) is 17.3. The van der Waals surface area contributed by atoms with E-state index >= 15 is 0 Å². The van der Waals surface area contributed by atoms with Crippen molar-refractivity contribution in [3.8, 4) is 11.3 Å². The zero-order valence-corrected chi connectivity index (χ0v) is 36.2. The Kier molecular flexibility index (Phi) is 11.1. The van der Waals surface area contributed by atoms with Crippen molar-refractivity contribution in [1.29, 1.82) is 5.41 Å². The van der Waals surface area contributed by atoms with Gasteiger partial charge in [0.05, 0.1) is 22.4 Å². The number of thiophene rings is 1. The van der Waals surface area contributed by atoms with Crippen molar-refractivity contribution in [1.82, 2.24) is 9.97 Å². The molecule has 0 amide bonds. The summed E-state index contributed by atoms with van der Waals surface area (Å²) >= 11 is 1.80. The molecule has 0 spiro atoms. The minimum Gasteiger partial charge on any atom is -0.283 e. The van der Waals surface area contributed by atoms with Crippen LogP contribution in [-0.2, 0) is 0 Å². The van der Waals surface area contributed by atoms with E-state index in [1.54, 1.807) is 35.8 Å². The van der Waals surface area contributed by atoms with Gasteiger partial charge in [0.1, 0.15) is 5.84 Å². The van der Waals surface area contributed by atoms with Crippen LogP contribution in [0, 0.1) is 17.2 Å². The number of rotatable bonds is 11. The summed E-state index contributed by atoms with van der Waals surface area (Å²) in [6.07, 6.45) is 24.8. The fourth-order valence-corrected chi connectivity index (χ4v) is 9.87. The van der Waals surface area contributed by atoms with Gasteiger partial charge in [-0.05, 0) is 88.8 Å². The first-order valence-corrected chi connectivity index (χ1v) is 22.5. The van der Waals surface area contributed by atoms with Gasteiger partial charge in [-0.3, -0.25) is 5.41 Å². The Bertz CT molecular complexity index is 3310. The normalized spacial score (nSPS) is 17.4. The molecule has 0 saturated heterocycles. The molecule has 6 heteroatoms. The predicted molar refractivity (Wildman–Crippen MR) is 274 cm³/mol. The van der Waals surface area contributed by atoms with E-state index in [4.69, 9.17) is 26.9 Å². The summed E-state index contributed by atoms with van der Waals surface area (Å²) in [5.74, 6) is 1.87. The third-order valence-corrected chi connectivity index (χ3v) is 13.4. The Hall–Kier alpha value is -7.67. The number of nitrogens with one attached hydrogen (secondary N) is 1. The van der Waals surface area contributed by atoms with Gasteiger partial charge in [-0.25, -0.2) is 20.0 Å². The van der Waals surface area contributed by atoms with Crippen molar-refractivity contribution < 1.29 is 0 Å². The van der Waals surface area contributed by atoms with Crippen LogP contribution in [0.2, 0.25) is 0 Å². The largest absolute Gasteiger partial charge is 0.283 e. The van der Waals surface area contributed by atoms with Crippen LogP contribution in [-0.4, -0.2) is 27.9 Å². The highest BCUT2D eigenvalue weighted by Gasteiger charge is 2.39. The van der Waals surface area contributed by atoms with Crippen molar-refractivity contribution in [3.63, 3.8) is 0 Å². The first-order valence-electron chi connectivity index (χ1n) is 21.6. The molecule has 3 aliphatic carbocycles. The van der Waals surface area contributed by atoms with E-state index in [2.05, 4.69) is 121 Å². The summed E-state index contributed by atoms with van der Waals surface area (Å²) in [7, 11) is 0. The van der Waals surface area contributed by atoms with E-state index in [9.17, 15) is 0 Å². The van der Waals surface area contributed by atoms with Gasteiger partial charge >= 0.3 is 0 Å². The molecule has 3 aromatic heterocycles. The van der Waals surface area contributed by atoms with Crippen LogP contribution in [0.4, 0.5) is 0 Å². The van der Waals surface area contributed by atoms with Crippen molar-refractivity contribution >= 4 is 84.4 Å². The van der Waals surface area contributed by atoms with Crippen molar-refractivity contribution in [2.75, 3.05) is 0 Å². The quantitative estimate of drug-likeness (QED) is 0.0609. The molecule has 1 fully saturated rings. The molecule has 0 radical (unpaired) electrons. The number of pyridine rings is 2. The highest BCUT2D eigenvalue weighted by atomic mass is 32.1. The second-order valence-electron chi connectivity index (χ2n) is 16.3. The molecule has 7 aromatic rings. The first kappa shape index (κ1) is 40.4. The average Bonchev–Trinajstić information content (AvgIpc) is 4.07. The van der Waals surface area contributed by atoms with Gasteiger partial charge in [-0.1, -0.05) is 171 Å². The number of aromatic nitrogens is 2. The number of benzene rings is 4. The highest BCUT2D eigenvalue weighted by Crippen LogP contribution is 2.52. The predicted octanol–water partition coefficient (Wildman–Crippen LogP) is 14.9. The summed E-state index contributed by atoms with van der Waals surface area (Å²) in [5.41, 5.74) is 13.1. The molecule has 10 rings (SSSR count). The minimum atomic E-state index is 0.169. The van der Waals surface area contributed by atoms with Gasteiger partial charge in [0.2, 0.25) is 0 Å². The van der Waals surface area contributed by atoms with Crippen LogP contribution in [0.15, 0.2) is 210 Å². The Morgan fingerprint density at radius 1 is 0.766 bits per heavy atom. The van der Waals surface area contributed by atoms with Gasteiger partial charge in [0, 0.05) is 48.7 Å². The fraction of sp³-hybridized carbons (Fsp3) is 0.0862. The molecule has 5 nitrogen and oxygen atoms in total. The van der Waals surface area contributed by atoms with Crippen LogP contribution >= 0.6 is 11.3 Å². The third-order valence-electron chi connectivity index (χ3n) is 12.2. The molecule has 0 bridgehead atoms.